The molecule has 1 aliphatic heterocycles. The van der Waals surface area contributed by atoms with E-state index in [2.05, 4.69) is 17.1 Å². The SMILES string of the molecule is CC=CCOc1noc2c1CN(C)CC2. The summed E-state index contributed by atoms with van der Waals surface area (Å²) in [7, 11) is 2.09. The lowest BCUT2D eigenvalue weighted by Crippen LogP contribution is -2.25. The fourth-order valence-corrected chi connectivity index (χ4v) is 1.66. The van der Waals surface area contributed by atoms with Gasteiger partial charge in [0, 0.05) is 19.5 Å². The summed E-state index contributed by atoms with van der Waals surface area (Å²) in [6, 6.07) is 0. The molecule has 0 aromatic carbocycles. The molecule has 2 rings (SSSR count). The van der Waals surface area contributed by atoms with Gasteiger partial charge in [0.1, 0.15) is 12.4 Å². The molecule has 0 saturated carbocycles. The van der Waals surface area contributed by atoms with Crippen molar-refractivity contribution in [2.24, 2.45) is 0 Å². The summed E-state index contributed by atoms with van der Waals surface area (Å²) in [5.74, 6) is 1.62. The van der Waals surface area contributed by atoms with Crippen LogP contribution in [-0.2, 0) is 13.0 Å². The third kappa shape index (κ3) is 2.21. The van der Waals surface area contributed by atoms with Crippen molar-refractivity contribution >= 4 is 0 Å². The molecule has 0 N–H and O–H groups in total. The molecule has 0 atom stereocenters. The zero-order valence-electron chi connectivity index (χ0n) is 9.19. The van der Waals surface area contributed by atoms with E-state index in [1.807, 2.05) is 19.1 Å². The molecule has 2 heterocycles. The van der Waals surface area contributed by atoms with Crippen LogP contribution in [0.2, 0.25) is 0 Å². The highest BCUT2D eigenvalue weighted by Crippen LogP contribution is 2.26. The molecule has 0 saturated heterocycles. The Kier molecular flexibility index (Phi) is 3.06. The van der Waals surface area contributed by atoms with Gasteiger partial charge in [-0.05, 0) is 19.1 Å². The largest absolute Gasteiger partial charge is 0.471 e. The van der Waals surface area contributed by atoms with E-state index in [1.165, 1.54) is 0 Å². The first-order chi connectivity index (χ1) is 7.31. The standard InChI is InChI=1S/C11H16N2O2/c1-3-4-7-14-11-9-8-13(2)6-5-10(9)15-12-11/h3-4H,5-8H2,1-2H3. The number of aromatic nitrogens is 1. The van der Waals surface area contributed by atoms with E-state index >= 15 is 0 Å². The summed E-state index contributed by atoms with van der Waals surface area (Å²) >= 11 is 0. The van der Waals surface area contributed by atoms with Crippen LogP contribution in [0.3, 0.4) is 0 Å². The molecule has 0 unspecified atom stereocenters. The Morgan fingerprint density at radius 1 is 1.60 bits per heavy atom. The zero-order chi connectivity index (χ0) is 10.7. The Bertz CT molecular complexity index is 357. The minimum absolute atomic E-state index is 0.555. The van der Waals surface area contributed by atoms with Crippen molar-refractivity contribution in [3.63, 3.8) is 0 Å². The Labute approximate surface area is 89.5 Å². The average molecular weight is 208 g/mol. The predicted molar refractivity (Wildman–Crippen MR) is 56.9 cm³/mol. The van der Waals surface area contributed by atoms with Crippen LogP contribution in [-0.4, -0.2) is 30.3 Å². The molecule has 1 aromatic heterocycles. The van der Waals surface area contributed by atoms with Crippen molar-refractivity contribution in [3.8, 4) is 5.88 Å². The quantitative estimate of drug-likeness (QED) is 0.707. The Balaban J connectivity index is 2.09. The van der Waals surface area contributed by atoms with E-state index < -0.39 is 0 Å². The van der Waals surface area contributed by atoms with Gasteiger partial charge in [-0.15, -0.1) is 0 Å². The third-order valence-electron chi connectivity index (χ3n) is 2.53. The van der Waals surface area contributed by atoms with E-state index in [0.29, 0.717) is 12.5 Å². The monoisotopic (exact) mass is 208 g/mol. The van der Waals surface area contributed by atoms with Crippen LogP contribution in [0.1, 0.15) is 18.2 Å². The number of likely N-dealkylation sites (N-methyl/N-ethyl adjacent to an activating group) is 1. The van der Waals surface area contributed by atoms with Crippen LogP contribution in [0.25, 0.3) is 0 Å². The van der Waals surface area contributed by atoms with Crippen LogP contribution in [0.5, 0.6) is 5.88 Å². The highest BCUT2D eigenvalue weighted by atomic mass is 16.5. The normalized spacial score (nSPS) is 16.9. The van der Waals surface area contributed by atoms with Gasteiger partial charge in [-0.1, -0.05) is 12.2 Å². The number of hydrogen-bond acceptors (Lipinski definition) is 4. The number of hydrogen-bond donors (Lipinski definition) is 0. The van der Waals surface area contributed by atoms with Gasteiger partial charge in [0.25, 0.3) is 5.88 Å². The fourth-order valence-electron chi connectivity index (χ4n) is 1.66. The lowest BCUT2D eigenvalue weighted by atomic mass is 10.1. The first-order valence-electron chi connectivity index (χ1n) is 5.21. The molecule has 15 heavy (non-hydrogen) atoms. The third-order valence-corrected chi connectivity index (χ3v) is 2.53. The van der Waals surface area contributed by atoms with Gasteiger partial charge in [-0.3, -0.25) is 0 Å². The molecule has 0 aliphatic carbocycles. The summed E-state index contributed by atoms with van der Waals surface area (Å²) in [5, 5.41) is 3.95. The van der Waals surface area contributed by atoms with Crippen LogP contribution >= 0.6 is 0 Å². The first-order valence-corrected chi connectivity index (χ1v) is 5.21. The molecule has 0 amide bonds. The zero-order valence-corrected chi connectivity index (χ0v) is 9.19. The molecule has 0 radical (unpaired) electrons. The maximum absolute atomic E-state index is 5.51. The highest BCUT2D eigenvalue weighted by Gasteiger charge is 2.22. The van der Waals surface area contributed by atoms with Gasteiger partial charge in [0.2, 0.25) is 0 Å². The topological polar surface area (TPSA) is 38.5 Å². The maximum Gasteiger partial charge on any atom is 0.259 e. The van der Waals surface area contributed by atoms with E-state index in [0.717, 1.165) is 30.8 Å². The van der Waals surface area contributed by atoms with E-state index in [-0.39, 0.29) is 0 Å². The molecule has 82 valence electrons. The molecule has 4 heteroatoms. The van der Waals surface area contributed by atoms with Crippen molar-refractivity contribution in [3.05, 3.63) is 23.5 Å². The number of ether oxygens (including phenoxy) is 1. The molecule has 0 bridgehead atoms. The number of fused-ring (bicyclic) bond motifs is 1. The summed E-state index contributed by atoms with van der Waals surface area (Å²) in [6.07, 6.45) is 4.83. The fraction of sp³-hybridized carbons (Fsp3) is 0.545. The van der Waals surface area contributed by atoms with Crippen molar-refractivity contribution in [1.29, 1.82) is 0 Å². The average Bonchev–Trinajstić information content (AvgIpc) is 2.62. The van der Waals surface area contributed by atoms with Gasteiger partial charge in [0.05, 0.1) is 5.56 Å². The van der Waals surface area contributed by atoms with Crippen molar-refractivity contribution < 1.29 is 9.26 Å². The van der Waals surface area contributed by atoms with E-state index in [1.54, 1.807) is 0 Å². The van der Waals surface area contributed by atoms with Gasteiger partial charge in [-0.25, -0.2) is 0 Å². The van der Waals surface area contributed by atoms with Crippen LogP contribution in [0.15, 0.2) is 16.7 Å². The summed E-state index contributed by atoms with van der Waals surface area (Å²) < 4.78 is 10.8. The smallest absolute Gasteiger partial charge is 0.259 e. The molecule has 0 spiro atoms. The Morgan fingerprint density at radius 2 is 2.47 bits per heavy atom. The highest BCUT2D eigenvalue weighted by molar-refractivity contribution is 5.30. The van der Waals surface area contributed by atoms with Crippen LogP contribution in [0.4, 0.5) is 0 Å². The summed E-state index contributed by atoms with van der Waals surface area (Å²) in [4.78, 5) is 2.24. The van der Waals surface area contributed by atoms with Gasteiger partial charge in [-0.2, -0.15) is 0 Å². The lowest BCUT2D eigenvalue weighted by molar-refractivity contribution is 0.281. The van der Waals surface area contributed by atoms with Gasteiger partial charge < -0.3 is 14.2 Å². The molecular weight excluding hydrogens is 192 g/mol. The van der Waals surface area contributed by atoms with Crippen LogP contribution < -0.4 is 4.74 Å². The second kappa shape index (κ2) is 4.49. The molecular formula is C11H16N2O2. The minimum atomic E-state index is 0.555. The van der Waals surface area contributed by atoms with Crippen molar-refractivity contribution in [2.45, 2.75) is 19.9 Å². The number of allylic oxidation sites excluding steroid dienone is 1. The first kappa shape index (κ1) is 10.2. The maximum atomic E-state index is 5.51. The number of rotatable bonds is 3. The molecule has 1 aromatic rings. The molecule has 1 aliphatic rings. The Hall–Kier alpha value is -1.29. The van der Waals surface area contributed by atoms with Crippen molar-refractivity contribution in [2.75, 3.05) is 20.2 Å². The van der Waals surface area contributed by atoms with Gasteiger partial charge in [0.15, 0.2) is 0 Å². The Morgan fingerprint density at radius 3 is 3.27 bits per heavy atom. The molecule has 0 fully saturated rings. The minimum Gasteiger partial charge on any atom is -0.471 e. The second-order valence-corrected chi connectivity index (χ2v) is 3.76. The molecule has 4 nitrogen and oxygen atoms in total. The summed E-state index contributed by atoms with van der Waals surface area (Å²) in [5.41, 5.74) is 1.10. The van der Waals surface area contributed by atoms with Crippen molar-refractivity contribution in [1.82, 2.24) is 10.1 Å². The summed E-state index contributed by atoms with van der Waals surface area (Å²) in [6.45, 7) is 4.41. The lowest BCUT2D eigenvalue weighted by Gasteiger charge is -2.20. The van der Waals surface area contributed by atoms with Crippen LogP contribution in [0, 0.1) is 0 Å². The van der Waals surface area contributed by atoms with E-state index in [9.17, 15) is 0 Å². The van der Waals surface area contributed by atoms with Gasteiger partial charge >= 0.3 is 0 Å². The van der Waals surface area contributed by atoms with E-state index in [4.69, 9.17) is 9.26 Å². The number of nitrogens with zero attached hydrogens (tertiary/aromatic N) is 2. The second-order valence-electron chi connectivity index (χ2n) is 3.76. The predicted octanol–water partition coefficient (Wildman–Crippen LogP) is 1.62.